The molecule has 6 nitrogen and oxygen atoms in total. The molecule has 1 aromatic heterocycles. The Morgan fingerprint density at radius 3 is 3.04 bits per heavy atom. The maximum Gasteiger partial charge on any atom is 0.322 e. The average Bonchev–Trinajstić information content (AvgIpc) is 3.35. The SMILES string of the molecule is O=C(Nc1ccc2c(c1)COC2)N1CCCC1CC(O)c1ccco1. The number of nitrogens with zero attached hydrogens (tertiary/aromatic N) is 1. The Bertz CT molecular complexity index is 744. The quantitative estimate of drug-likeness (QED) is 0.893. The van der Waals surface area contributed by atoms with E-state index in [4.69, 9.17) is 9.15 Å². The van der Waals surface area contributed by atoms with Gasteiger partial charge in [-0.05, 0) is 48.2 Å². The Morgan fingerprint density at radius 2 is 2.20 bits per heavy atom. The van der Waals surface area contributed by atoms with Crippen molar-refractivity contribution in [3.05, 3.63) is 53.5 Å². The molecule has 0 aliphatic carbocycles. The number of furan rings is 1. The van der Waals surface area contributed by atoms with Crippen LogP contribution in [0.1, 0.15) is 42.3 Å². The summed E-state index contributed by atoms with van der Waals surface area (Å²) < 4.78 is 10.7. The van der Waals surface area contributed by atoms with Crippen molar-refractivity contribution in [2.24, 2.45) is 0 Å². The molecule has 2 atom stereocenters. The van der Waals surface area contributed by atoms with Gasteiger partial charge in [-0.1, -0.05) is 6.07 Å². The number of rotatable bonds is 4. The fourth-order valence-corrected chi connectivity index (χ4v) is 3.65. The highest BCUT2D eigenvalue weighted by Gasteiger charge is 2.31. The predicted molar refractivity (Wildman–Crippen MR) is 92.0 cm³/mol. The molecule has 0 bridgehead atoms. The molecule has 1 aromatic carbocycles. The molecule has 0 spiro atoms. The maximum atomic E-state index is 12.7. The molecule has 1 fully saturated rings. The molecular weight excluding hydrogens is 320 g/mol. The van der Waals surface area contributed by atoms with Gasteiger partial charge in [0, 0.05) is 24.7 Å². The van der Waals surface area contributed by atoms with Crippen LogP contribution in [0.25, 0.3) is 0 Å². The first-order valence-corrected chi connectivity index (χ1v) is 8.69. The highest BCUT2D eigenvalue weighted by atomic mass is 16.5. The summed E-state index contributed by atoms with van der Waals surface area (Å²) in [4.78, 5) is 14.5. The van der Waals surface area contributed by atoms with Gasteiger partial charge in [0.15, 0.2) is 0 Å². The third kappa shape index (κ3) is 3.41. The summed E-state index contributed by atoms with van der Waals surface area (Å²) in [5, 5.41) is 13.3. The monoisotopic (exact) mass is 342 g/mol. The van der Waals surface area contributed by atoms with Crippen LogP contribution in [0.2, 0.25) is 0 Å². The Labute approximate surface area is 146 Å². The maximum absolute atomic E-state index is 12.7. The third-order valence-electron chi connectivity index (χ3n) is 4.98. The van der Waals surface area contributed by atoms with Crippen LogP contribution in [0.15, 0.2) is 41.0 Å². The number of likely N-dealkylation sites (tertiary alicyclic amines) is 1. The molecule has 0 saturated carbocycles. The highest BCUT2D eigenvalue weighted by molar-refractivity contribution is 5.89. The molecule has 2 aliphatic rings. The lowest BCUT2D eigenvalue weighted by Gasteiger charge is -2.26. The van der Waals surface area contributed by atoms with Gasteiger partial charge in [0.1, 0.15) is 11.9 Å². The molecule has 4 rings (SSSR count). The summed E-state index contributed by atoms with van der Waals surface area (Å²) in [6.45, 7) is 1.94. The van der Waals surface area contributed by atoms with Gasteiger partial charge in [-0.15, -0.1) is 0 Å². The summed E-state index contributed by atoms with van der Waals surface area (Å²) in [6, 6.07) is 9.30. The molecule has 2 aliphatic heterocycles. The number of nitrogens with one attached hydrogen (secondary N) is 1. The first-order valence-electron chi connectivity index (χ1n) is 8.69. The number of amides is 2. The summed E-state index contributed by atoms with van der Waals surface area (Å²) in [6.07, 6.45) is 3.18. The first kappa shape index (κ1) is 16.2. The third-order valence-corrected chi connectivity index (χ3v) is 4.98. The minimum atomic E-state index is -0.689. The smallest absolute Gasteiger partial charge is 0.322 e. The van der Waals surface area contributed by atoms with Gasteiger partial charge < -0.3 is 24.5 Å². The van der Waals surface area contributed by atoms with Crippen LogP contribution in [-0.4, -0.2) is 28.6 Å². The van der Waals surface area contributed by atoms with Crippen molar-refractivity contribution >= 4 is 11.7 Å². The number of ether oxygens (including phenoxy) is 1. The number of hydrogen-bond acceptors (Lipinski definition) is 4. The topological polar surface area (TPSA) is 74.9 Å². The van der Waals surface area contributed by atoms with E-state index in [-0.39, 0.29) is 12.1 Å². The first-order chi connectivity index (χ1) is 12.2. The van der Waals surface area contributed by atoms with E-state index < -0.39 is 6.10 Å². The molecule has 0 radical (unpaired) electrons. The van der Waals surface area contributed by atoms with Gasteiger partial charge in [0.05, 0.1) is 19.5 Å². The van der Waals surface area contributed by atoms with E-state index >= 15 is 0 Å². The second-order valence-electron chi connectivity index (χ2n) is 6.66. The number of urea groups is 1. The minimum Gasteiger partial charge on any atom is -0.467 e. The number of hydrogen-bond donors (Lipinski definition) is 2. The van der Waals surface area contributed by atoms with Crippen LogP contribution in [0, 0.1) is 0 Å². The Morgan fingerprint density at radius 1 is 1.32 bits per heavy atom. The molecule has 2 N–H and O–H groups in total. The van der Waals surface area contributed by atoms with Crippen LogP contribution in [-0.2, 0) is 18.0 Å². The number of aliphatic hydroxyl groups is 1. The predicted octanol–water partition coefficient (Wildman–Crippen LogP) is 3.43. The van der Waals surface area contributed by atoms with Crippen molar-refractivity contribution < 1.29 is 19.1 Å². The molecule has 25 heavy (non-hydrogen) atoms. The number of anilines is 1. The Hall–Kier alpha value is -2.31. The molecule has 6 heteroatoms. The van der Waals surface area contributed by atoms with E-state index in [0.29, 0.717) is 31.9 Å². The molecule has 1 saturated heterocycles. The number of benzene rings is 1. The van der Waals surface area contributed by atoms with Crippen LogP contribution in [0.5, 0.6) is 0 Å². The van der Waals surface area contributed by atoms with Crippen molar-refractivity contribution in [2.45, 2.75) is 44.6 Å². The molecule has 2 amide bonds. The summed E-state index contributed by atoms with van der Waals surface area (Å²) in [5.41, 5.74) is 3.09. The van der Waals surface area contributed by atoms with E-state index in [9.17, 15) is 9.90 Å². The largest absolute Gasteiger partial charge is 0.467 e. The van der Waals surface area contributed by atoms with Crippen LogP contribution < -0.4 is 5.32 Å². The normalized spacial score (nSPS) is 20.5. The summed E-state index contributed by atoms with van der Waals surface area (Å²) in [7, 11) is 0. The second-order valence-corrected chi connectivity index (χ2v) is 6.66. The average molecular weight is 342 g/mol. The number of aliphatic hydroxyl groups excluding tert-OH is 1. The highest BCUT2D eigenvalue weighted by Crippen LogP contribution is 2.29. The zero-order valence-electron chi connectivity index (χ0n) is 14.0. The molecular formula is C19H22N2O4. The van der Waals surface area contributed by atoms with Gasteiger partial charge in [-0.3, -0.25) is 0 Å². The Kier molecular flexibility index (Phi) is 4.46. The van der Waals surface area contributed by atoms with E-state index in [1.54, 1.807) is 18.4 Å². The van der Waals surface area contributed by atoms with Crippen LogP contribution in [0.3, 0.4) is 0 Å². The summed E-state index contributed by atoms with van der Waals surface area (Å²) in [5.74, 6) is 0.547. The number of fused-ring (bicyclic) bond motifs is 1. The van der Waals surface area contributed by atoms with Crippen molar-refractivity contribution in [1.29, 1.82) is 0 Å². The van der Waals surface area contributed by atoms with E-state index in [0.717, 1.165) is 24.1 Å². The lowest BCUT2D eigenvalue weighted by atomic mass is 10.1. The van der Waals surface area contributed by atoms with Crippen molar-refractivity contribution in [3.63, 3.8) is 0 Å². The fraction of sp³-hybridized carbons (Fsp3) is 0.421. The molecule has 2 unspecified atom stereocenters. The lowest BCUT2D eigenvalue weighted by molar-refractivity contribution is 0.110. The standard InChI is InChI=1S/C19H22N2O4/c22-17(18-4-2-8-25-18)10-16-3-1-7-21(16)19(23)20-15-6-5-13-11-24-12-14(13)9-15/h2,4-6,8-9,16-17,22H,1,3,7,10-12H2,(H,20,23). The van der Waals surface area contributed by atoms with Crippen molar-refractivity contribution in [2.75, 3.05) is 11.9 Å². The lowest BCUT2D eigenvalue weighted by Crippen LogP contribution is -2.39. The van der Waals surface area contributed by atoms with Crippen LogP contribution in [0.4, 0.5) is 10.5 Å². The fourth-order valence-electron chi connectivity index (χ4n) is 3.65. The number of carbonyl (C=O) groups is 1. The van der Waals surface area contributed by atoms with E-state index in [1.807, 2.05) is 23.1 Å². The second kappa shape index (κ2) is 6.90. The summed E-state index contributed by atoms with van der Waals surface area (Å²) >= 11 is 0. The Balaban J connectivity index is 1.40. The van der Waals surface area contributed by atoms with Gasteiger partial charge >= 0.3 is 6.03 Å². The molecule has 132 valence electrons. The molecule has 3 heterocycles. The molecule has 2 aromatic rings. The van der Waals surface area contributed by atoms with Crippen molar-refractivity contribution in [3.8, 4) is 0 Å². The van der Waals surface area contributed by atoms with Gasteiger partial charge in [0.2, 0.25) is 0 Å². The van der Waals surface area contributed by atoms with Gasteiger partial charge in [0.25, 0.3) is 0 Å². The van der Waals surface area contributed by atoms with Gasteiger partial charge in [-0.25, -0.2) is 4.79 Å². The zero-order chi connectivity index (χ0) is 17.2. The van der Waals surface area contributed by atoms with Gasteiger partial charge in [-0.2, -0.15) is 0 Å². The minimum absolute atomic E-state index is 0.0119. The van der Waals surface area contributed by atoms with E-state index in [2.05, 4.69) is 5.32 Å². The number of carbonyl (C=O) groups excluding carboxylic acids is 1. The zero-order valence-corrected chi connectivity index (χ0v) is 14.0. The van der Waals surface area contributed by atoms with Crippen molar-refractivity contribution in [1.82, 2.24) is 4.90 Å². The van der Waals surface area contributed by atoms with Crippen LogP contribution >= 0.6 is 0 Å². The van der Waals surface area contributed by atoms with E-state index in [1.165, 1.54) is 5.56 Å².